The Hall–Kier alpha value is -1.50. The van der Waals surface area contributed by atoms with Gasteiger partial charge in [0.1, 0.15) is 4.90 Å². The summed E-state index contributed by atoms with van der Waals surface area (Å²) in [5.74, 6) is 0. The molecular weight excluding hydrogens is 262 g/mol. The van der Waals surface area contributed by atoms with Crippen molar-refractivity contribution < 1.29 is 8.42 Å². The molecule has 0 saturated heterocycles. The molecule has 0 unspecified atom stereocenters. The Morgan fingerprint density at radius 2 is 1.82 bits per heavy atom. The highest BCUT2D eigenvalue weighted by molar-refractivity contribution is 7.89. The second kappa shape index (κ2) is 5.22. The number of sulfonamides is 1. The highest BCUT2D eigenvalue weighted by Gasteiger charge is 2.15. The summed E-state index contributed by atoms with van der Waals surface area (Å²) in [6.45, 7) is 0. The molecule has 0 aliphatic heterocycles. The van der Waals surface area contributed by atoms with E-state index in [-0.39, 0.29) is 17.3 Å². The first kappa shape index (κ1) is 13.6. The molecule has 2 aromatic rings. The number of nitrogens with zero attached hydrogens (tertiary/aromatic N) is 2. The zero-order chi connectivity index (χ0) is 11.6. The van der Waals surface area contributed by atoms with E-state index in [9.17, 15) is 8.42 Å². The summed E-state index contributed by atoms with van der Waals surface area (Å²) in [6, 6.07) is 6.38. The molecule has 2 rings (SSSR count). The maximum Gasteiger partial charge on any atom is 0.240 e. The minimum atomic E-state index is -3.77. The van der Waals surface area contributed by atoms with Gasteiger partial charge >= 0.3 is 0 Å². The molecule has 2 N–H and O–H groups in total. The van der Waals surface area contributed by atoms with Crippen LogP contribution >= 0.6 is 12.4 Å². The molecular formula is C10H10ClN3O2S. The van der Waals surface area contributed by atoms with Gasteiger partial charge in [-0.05, 0) is 24.3 Å². The standard InChI is InChI=1S/C10H9N3O2S.ClH/c11-16(14,15)9-4-2-6-13-10(9)8-3-1-5-12-7-8;/h1-7H,(H2,11,14,15);1H. The van der Waals surface area contributed by atoms with Gasteiger partial charge in [-0.1, -0.05) is 0 Å². The fourth-order valence-corrected chi connectivity index (χ4v) is 2.05. The normalized spacial score (nSPS) is 10.6. The number of halogens is 1. The van der Waals surface area contributed by atoms with Crippen molar-refractivity contribution in [1.82, 2.24) is 9.97 Å². The SMILES string of the molecule is Cl.NS(=O)(=O)c1cccnc1-c1cccnc1. The second-order valence-corrected chi connectivity index (χ2v) is 4.67. The molecule has 90 valence electrons. The van der Waals surface area contributed by atoms with Gasteiger partial charge < -0.3 is 0 Å². The molecule has 0 aliphatic carbocycles. The second-order valence-electron chi connectivity index (χ2n) is 3.14. The van der Waals surface area contributed by atoms with E-state index in [0.29, 0.717) is 11.3 Å². The Labute approximate surface area is 105 Å². The molecule has 0 amide bonds. The van der Waals surface area contributed by atoms with Crippen LogP contribution in [0, 0.1) is 0 Å². The van der Waals surface area contributed by atoms with Gasteiger partial charge in [0.05, 0.1) is 5.69 Å². The minimum absolute atomic E-state index is 0. The fourth-order valence-electron chi connectivity index (χ4n) is 1.34. The molecule has 0 radical (unpaired) electrons. The van der Waals surface area contributed by atoms with Gasteiger partial charge in [-0.3, -0.25) is 9.97 Å². The molecule has 0 spiro atoms. The van der Waals surface area contributed by atoms with Crippen LogP contribution in [-0.4, -0.2) is 18.4 Å². The molecule has 5 nitrogen and oxygen atoms in total. The van der Waals surface area contributed by atoms with E-state index in [0.717, 1.165) is 0 Å². The van der Waals surface area contributed by atoms with Crippen LogP contribution in [0.1, 0.15) is 0 Å². The first-order valence-corrected chi connectivity index (χ1v) is 6.02. The summed E-state index contributed by atoms with van der Waals surface area (Å²) in [4.78, 5) is 7.93. The number of hydrogen-bond acceptors (Lipinski definition) is 4. The van der Waals surface area contributed by atoms with E-state index in [1.54, 1.807) is 18.3 Å². The van der Waals surface area contributed by atoms with Crippen LogP contribution in [0.5, 0.6) is 0 Å². The van der Waals surface area contributed by atoms with Crippen molar-refractivity contribution in [3.63, 3.8) is 0 Å². The van der Waals surface area contributed by atoms with E-state index in [2.05, 4.69) is 9.97 Å². The fraction of sp³-hybridized carbons (Fsp3) is 0. The van der Waals surface area contributed by atoms with Crippen molar-refractivity contribution in [2.45, 2.75) is 4.90 Å². The van der Waals surface area contributed by atoms with Crippen molar-refractivity contribution in [3.05, 3.63) is 42.9 Å². The van der Waals surface area contributed by atoms with E-state index >= 15 is 0 Å². The van der Waals surface area contributed by atoms with Gasteiger partial charge in [0.2, 0.25) is 10.0 Å². The predicted octanol–water partition coefficient (Wildman–Crippen LogP) is 1.21. The van der Waals surface area contributed by atoms with Crippen LogP contribution in [0.3, 0.4) is 0 Å². The average molecular weight is 272 g/mol. The smallest absolute Gasteiger partial charge is 0.240 e. The number of rotatable bonds is 2. The molecule has 2 aromatic heterocycles. The Morgan fingerprint density at radius 3 is 2.41 bits per heavy atom. The van der Waals surface area contributed by atoms with E-state index in [1.807, 2.05) is 0 Å². The lowest BCUT2D eigenvalue weighted by Crippen LogP contribution is -2.14. The number of nitrogens with two attached hydrogens (primary N) is 1. The maximum absolute atomic E-state index is 11.3. The lowest BCUT2D eigenvalue weighted by molar-refractivity contribution is 0.597. The summed E-state index contributed by atoms with van der Waals surface area (Å²) in [6.07, 6.45) is 4.65. The Bertz CT molecular complexity index is 602. The summed E-state index contributed by atoms with van der Waals surface area (Å²) in [5.41, 5.74) is 0.935. The third-order valence-electron chi connectivity index (χ3n) is 2.01. The molecule has 0 bridgehead atoms. The van der Waals surface area contributed by atoms with Crippen molar-refractivity contribution in [2.24, 2.45) is 5.14 Å². The quantitative estimate of drug-likeness (QED) is 0.890. The minimum Gasteiger partial charge on any atom is -0.264 e. The Kier molecular flexibility index (Phi) is 4.17. The number of hydrogen-bond donors (Lipinski definition) is 1. The zero-order valence-corrected chi connectivity index (χ0v) is 10.3. The van der Waals surface area contributed by atoms with Gasteiger partial charge in [0.25, 0.3) is 0 Å². The first-order valence-electron chi connectivity index (χ1n) is 4.47. The van der Waals surface area contributed by atoms with Crippen molar-refractivity contribution in [2.75, 3.05) is 0 Å². The zero-order valence-electron chi connectivity index (χ0n) is 8.65. The monoisotopic (exact) mass is 271 g/mol. The van der Waals surface area contributed by atoms with Crippen LogP contribution in [0.2, 0.25) is 0 Å². The largest absolute Gasteiger partial charge is 0.264 e. The number of primary sulfonamides is 1. The van der Waals surface area contributed by atoms with E-state index in [4.69, 9.17) is 5.14 Å². The van der Waals surface area contributed by atoms with Crippen molar-refractivity contribution in [1.29, 1.82) is 0 Å². The molecule has 7 heteroatoms. The van der Waals surface area contributed by atoms with E-state index in [1.165, 1.54) is 24.5 Å². The summed E-state index contributed by atoms with van der Waals surface area (Å²) < 4.78 is 22.7. The number of aromatic nitrogens is 2. The molecule has 0 saturated carbocycles. The highest BCUT2D eigenvalue weighted by atomic mass is 35.5. The Morgan fingerprint density at radius 1 is 1.12 bits per heavy atom. The van der Waals surface area contributed by atoms with Gasteiger partial charge in [-0.25, -0.2) is 13.6 Å². The van der Waals surface area contributed by atoms with Crippen LogP contribution in [0.15, 0.2) is 47.8 Å². The summed E-state index contributed by atoms with van der Waals surface area (Å²) >= 11 is 0. The lowest BCUT2D eigenvalue weighted by Gasteiger charge is -2.05. The topological polar surface area (TPSA) is 85.9 Å². The predicted molar refractivity (Wildman–Crippen MR) is 66.1 cm³/mol. The Balaban J connectivity index is 0.00000144. The molecule has 17 heavy (non-hydrogen) atoms. The van der Waals surface area contributed by atoms with Crippen LogP contribution in [-0.2, 0) is 10.0 Å². The van der Waals surface area contributed by atoms with Gasteiger partial charge in [0, 0.05) is 24.2 Å². The number of pyridine rings is 2. The lowest BCUT2D eigenvalue weighted by atomic mass is 10.2. The van der Waals surface area contributed by atoms with Crippen molar-refractivity contribution >= 4 is 22.4 Å². The molecule has 0 fully saturated rings. The third-order valence-corrected chi connectivity index (χ3v) is 2.95. The van der Waals surface area contributed by atoms with E-state index < -0.39 is 10.0 Å². The van der Waals surface area contributed by atoms with Crippen LogP contribution < -0.4 is 5.14 Å². The van der Waals surface area contributed by atoms with Crippen LogP contribution in [0.4, 0.5) is 0 Å². The van der Waals surface area contributed by atoms with Gasteiger partial charge in [-0.2, -0.15) is 0 Å². The molecule has 0 aromatic carbocycles. The molecule has 2 heterocycles. The third kappa shape index (κ3) is 3.00. The van der Waals surface area contributed by atoms with Crippen molar-refractivity contribution in [3.8, 4) is 11.3 Å². The average Bonchev–Trinajstić information content (AvgIpc) is 2.29. The molecule has 0 aliphatic rings. The summed E-state index contributed by atoms with van der Waals surface area (Å²) in [5, 5.41) is 5.11. The van der Waals surface area contributed by atoms with Crippen LogP contribution in [0.25, 0.3) is 11.3 Å². The molecule has 0 atom stereocenters. The summed E-state index contributed by atoms with van der Waals surface area (Å²) in [7, 11) is -3.77. The maximum atomic E-state index is 11.3. The highest BCUT2D eigenvalue weighted by Crippen LogP contribution is 2.22. The van der Waals surface area contributed by atoms with Gasteiger partial charge in [-0.15, -0.1) is 12.4 Å². The van der Waals surface area contributed by atoms with Gasteiger partial charge in [0.15, 0.2) is 0 Å². The first-order chi connectivity index (χ1) is 7.59.